The number of phenolic OH excluding ortho intramolecular Hbond substituents is 1. The predicted octanol–water partition coefficient (Wildman–Crippen LogP) is 3.81. The van der Waals surface area contributed by atoms with E-state index in [1.54, 1.807) is 6.07 Å². The van der Waals surface area contributed by atoms with Crippen molar-refractivity contribution < 1.29 is 9.84 Å². The van der Waals surface area contributed by atoms with Crippen molar-refractivity contribution in [3.8, 4) is 11.5 Å². The number of benzene rings is 2. The lowest BCUT2D eigenvalue weighted by atomic mass is 10.1. The van der Waals surface area contributed by atoms with Crippen LogP contribution in [0.1, 0.15) is 25.0 Å². The molecule has 0 unspecified atom stereocenters. The van der Waals surface area contributed by atoms with E-state index in [0.717, 1.165) is 18.7 Å². The summed E-state index contributed by atoms with van der Waals surface area (Å²) in [6.07, 6.45) is 0. The third-order valence-corrected chi connectivity index (χ3v) is 3.47. The van der Waals surface area contributed by atoms with Gasteiger partial charge in [0.05, 0.1) is 6.61 Å². The fraction of sp³-hybridized carbons (Fsp3) is 0.333. The van der Waals surface area contributed by atoms with Gasteiger partial charge in [-0.05, 0) is 25.1 Å². The second-order valence-corrected chi connectivity index (χ2v) is 4.99. The molecule has 3 heteroatoms. The number of phenols is 1. The van der Waals surface area contributed by atoms with Crippen molar-refractivity contribution in [1.29, 1.82) is 0 Å². The largest absolute Gasteiger partial charge is 0.504 e. The molecule has 0 fully saturated rings. The first-order chi connectivity index (χ1) is 10.2. The highest BCUT2D eigenvalue weighted by atomic mass is 16.5. The molecule has 112 valence electrons. The van der Waals surface area contributed by atoms with Crippen LogP contribution < -0.4 is 4.74 Å². The lowest BCUT2D eigenvalue weighted by Crippen LogP contribution is -2.22. The third kappa shape index (κ3) is 4.23. The molecule has 0 bridgehead atoms. The maximum atomic E-state index is 10.3. The van der Waals surface area contributed by atoms with Gasteiger partial charge in [0.1, 0.15) is 0 Å². The molecular formula is C18H23NO2. The Balaban J connectivity index is 2.10. The topological polar surface area (TPSA) is 32.7 Å². The van der Waals surface area contributed by atoms with Crippen LogP contribution in [0.5, 0.6) is 11.5 Å². The van der Waals surface area contributed by atoms with Crippen molar-refractivity contribution in [3.63, 3.8) is 0 Å². The van der Waals surface area contributed by atoms with Crippen molar-refractivity contribution >= 4 is 0 Å². The lowest BCUT2D eigenvalue weighted by Gasteiger charge is -2.21. The van der Waals surface area contributed by atoms with Crippen LogP contribution in [-0.2, 0) is 13.1 Å². The highest BCUT2D eigenvalue weighted by Crippen LogP contribution is 2.30. The monoisotopic (exact) mass is 285 g/mol. The fourth-order valence-electron chi connectivity index (χ4n) is 2.33. The highest BCUT2D eigenvalue weighted by Gasteiger charge is 2.11. The van der Waals surface area contributed by atoms with Crippen LogP contribution in [0.25, 0.3) is 0 Å². The van der Waals surface area contributed by atoms with E-state index in [1.807, 2.05) is 25.1 Å². The summed E-state index contributed by atoms with van der Waals surface area (Å²) in [5.74, 6) is 0.816. The Hall–Kier alpha value is -2.00. The smallest absolute Gasteiger partial charge is 0.162 e. The molecule has 0 radical (unpaired) electrons. The molecule has 3 nitrogen and oxygen atoms in total. The zero-order valence-corrected chi connectivity index (χ0v) is 12.7. The molecular weight excluding hydrogens is 262 g/mol. The van der Waals surface area contributed by atoms with Gasteiger partial charge in [0, 0.05) is 18.7 Å². The standard InChI is InChI=1S/C18H23NO2/c1-3-19(13-15-9-6-5-7-10-15)14-16-11-8-12-17(18(16)20)21-4-2/h5-12,20H,3-4,13-14H2,1-2H3. The van der Waals surface area contributed by atoms with E-state index in [0.29, 0.717) is 18.9 Å². The van der Waals surface area contributed by atoms with Crippen LogP contribution in [0.2, 0.25) is 0 Å². The second kappa shape index (κ2) is 7.70. The second-order valence-electron chi connectivity index (χ2n) is 4.99. The molecule has 0 saturated heterocycles. The van der Waals surface area contributed by atoms with Crippen LogP contribution in [0.3, 0.4) is 0 Å². The number of ether oxygens (including phenoxy) is 1. The summed E-state index contributed by atoms with van der Waals surface area (Å²) in [4.78, 5) is 2.29. The minimum absolute atomic E-state index is 0.255. The molecule has 0 spiro atoms. The minimum Gasteiger partial charge on any atom is -0.504 e. The van der Waals surface area contributed by atoms with Gasteiger partial charge in [-0.3, -0.25) is 4.90 Å². The molecule has 0 amide bonds. The van der Waals surface area contributed by atoms with Crippen molar-refractivity contribution in [2.45, 2.75) is 26.9 Å². The first-order valence-corrected chi connectivity index (χ1v) is 7.44. The Labute approximate surface area is 126 Å². The number of rotatable bonds is 7. The number of nitrogens with zero attached hydrogens (tertiary/aromatic N) is 1. The van der Waals surface area contributed by atoms with Crippen molar-refractivity contribution in [3.05, 3.63) is 59.7 Å². The molecule has 0 aliphatic heterocycles. The van der Waals surface area contributed by atoms with Gasteiger partial charge in [0.25, 0.3) is 0 Å². The Kier molecular flexibility index (Phi) is 5.64. The molecule has 2 aromatic carbocycles. The minimum atomic E-state index is 0.255. The number of para-hydroxylation sites is 1. The molecule has 0 atom stereocenters. The van der Waals surface area contributed by atoms with Crippen LogP contribution in [-0.4, -0.2) is 23.2 Å². The molecule has 0 heterocycles. The van der Waals surface area contributed by atoms with Crippen LogP contribution in [0.4, 0.5) is 0 Å². The Morgan fingerprint density at radius 2 is 1.71 bits per heavy atom. The normalized spacial score (nSPS) is 10.8. The molecule has 2 aromatic rings. The van der Waals surface area contributed by atoms with Gasteiger partial charge < -0.3 is 9.84 Å². The molecule has 0 saturated carbocycles. The molecule has 2 rings (SSSR count). The SMILES string of the molecule is CCOc1cccc(CN(CC)Cc2ccccc2)c1O. The molecule has 21 heavy (non-hydrogen) atoms. The van der Waals surface area contributed by atoms with E-state index in [2.05, 4.69) is 36.1 Å². The summed E-state index contributed by atoms with van der Waals surface area (Å²) < 4.78 is 5.44. The summed E-state index contributed by atoms with van der Waals surface area (Å²) in [6, 6.07) is 16.1. The highest BCUT2D eigenvalue weighted by molar-refractivity contribution is 5.45. The van der Waals surface area contributed by atoms with Gasteiger partial charge in [-0.15, -0.1) is 0 Å². The lowest BCUT2D eigenvalue weighted by molar-refractivity contribution is 0.263. The van der Waals surface area contributed by atoms with Crippen LogP contribution >= 0.6 is 0 Å². The van der Waals surface area contributed by atoms with Gasteiger partial charge in [0.2, 0.25) is 0 Å². The van der Waals surface area contributed by atoms with Crippen molar-refractivity contribution in [2.24, 2.45) is 0 Å². The quantitative estimate of drug-likeness (QED) is 0.839. The number of hydrogen-bond acceptors (Lipinski definition) is 3. The van der Waals surface area contributed by atoms with Gasteiger partial charge >= 0.3 is 0 Å². The van der Waals surface area contributed by atoms with E-state index in [1.165, 1.54) is 5.56 Å². The molecule has 1 N–H and O–H groups in total. The third-order valence-electron chi connectivity index (χ3n) is 3.47. The zero-order chi connectivity index (χ0) is 15.1. The molecule has 0 aliphatic carbocycles. The Morgan fingerprint density at radius 1 is 0.952 bits per heavy atom. The zero-order valence-electron chi connectivity index (χ0n) is 12.7. The first-order valence-electron chi connectivity index (χ1n) is 7.44. The van der Waals surface area contributed by atoms with Crippen LogP contribution in [0, 0.1) is 0 Å². The maximum Gasteiger partial charge on any atom is 0.162 e. The molecule has 0 aromatic heterocycles. The maximum absolute atomic E-state index is 10.3. The first kappa shape index (κ1) is 15.4. The van der Waals surface area contributed by atoms with E-state index in [4.69, 9.17) is 4.74 Å². The predicted molar refractivity (Wildman–Crippen MR) is 85.5 cm³/mol. The van der Waals surface area contributed by atoms with Gasteiger partial charge in [-0.1, -0.05) is 49.4 Å². The summed E-state index contributed by atoms with van der Waals surface area (Å²) >= 11 is 0. The molecule has 0 aliphatic rings. The fourth-order valence-corrected chi connectivity index (χ4v) is 2.33. The summed E-state index contributed by atoms with van der Waals surface area (Å²) in [7, 11) is 0. The summed E-state index contributed by atoms with van der Waals surface area (Å²) in [5.41, 5.74) is 2.18. The van der Waals surface area contributed by atoms with Gasteiger partial charge in [0.15, 0.2) is 11.5 Å². The van der Waals surface area contributed by atoms with Gasteiger partial charge in [-0.2, -0.15) is 0 Å². The van der Waals surface area contributed by atoms with Crippen LogP contribution in [0.15, 0.2) is 48.5 Å². The van der Waals surface area contributed by atoms with E-state index < -0.39 is 0 Å². The summed E-state index contributed by atoms with van der Waals surface area (Å²) in [6.45, 7) is 7.10. The average molecular weight is 285 g/mol. The van der Waals surface area contributed by atoms with E-state index in [9.17, 15) is 5.11 Å². The van der Waals surface area contributed by atoms with Crippen molar-refractivity contribution in [1.82, 2.24) is 4.90 Å². The Bertz CT molecular complexity index is 554. The average Bonchev–Trinajstić information content (AvgIpc) is 2.51. The van der Waals surface area contributed by atoms with E-state index in [-0.39, 0.29) is 5.75 Å². The number of aromatic hydroxyl groups is 1. The van der Waals surface area contributed by atoms with E-state index >= 15 is 0 Å². The van der Waals surface area contributed by atoms with Crippen molar-refractivity contribution in [2.75, 3.05) is 13.2 Å². The van der Waals surface area contributed by atoms with Gasteiger partial charge in [-0.25, -0.2) is 0 Å². The summed E-state index contributed by atoms with van der Waals surface area (Å²) in [5, 5.41) is 10.3. The Morgan fingerprint density at radius 3 is 2.38 bits per heavy atom. The number of hydrogen-bond donors (Lipinski definition) is 1.